The summed E-state index contributed by atoms with van der Waals surface area (Å²) < 4.78 is 0. The molecule has 1 atom stereocenters. The summed E-state index contributed by atoms with van der Waals surface area (Å²) in [5.74, 6) is 0.0456. The lowest BCUT2D eigenvalue weighted by Gasteiger charge is -2.33. The number of hydrogen-bond donors (Lipinski definition) is 0. The van der Waals surface area contributed by atoms with E-state index in [0.29, 0.717) is 5.56 Å². The highest BCUT2D eigenvalue weighted by Crippen LogP contribution is 2.34. The highest BCUT2D eigenvalue weighted by atomic mass is 16.2. The van der Waals surface area contributed by atoms with Crippen molar-refractivity contribution in [2.45, 2.75) is 32.2 Å². The third-order valence-electron chi connectivity index (χ3n) is 4.28. The van der Waals surface area contributed by atoms with Gasteiger partial charge in [-0.1, -0.05) is 24.3 Å². The maximum atomic E-state index is 12.7. The number of aryl methyl sites for hydroxylation is 2. The third-order valence-corrected chi connectivity index (χ3v) is 4.28. The molecule has 0 aliphatic heterocycles. The largest absolute Gasteiger partial charge is 0.335 e. The van der Waals surface area contributed by atoms with Gasteiger partial charge >= 0.3 is 0 Å². The first-order valence-electron chi connectivity index (χ1n) is 7.44. The molecule has 3 heteroatoms. The first kappa shape index (κ1) is 13.8. The van der Waals surface area contributed by atoms with Crippen LogP contribution in [-0.2, 0) is 6.42 Å². The molecular weight excluding hydrogens is 260 g/mol. The van der Waals surface area contributed by atoms with Gasteiger partial charge in [0.2, 0.25) is 0 Å². The van der Waals surface area contributed by atoms with Crippen molar-refractivity contribution in [3.63, 3.8) is 0 Å². The third kappa shape index (κ3) is 2.68. The Balaban J connectivity index is 1.87. The Morgan fingerprint density at radius 1 is 1.24 bits per heavy atom. The van der Waals surface area contributed by atoms with E-state index in [1.807, 2.05) is 31.0 Å². The van der Waals surface area contributed by atoms with Crippen molar-refractivity contribution in [2.24, 2.45) is 0 Å². The van der Waals surface area contributed by atoms with Gasteiger partial charge in [-0.2, -0.15) is 0 Å². The number of rotatable bonds is 2. The second-order valence-corrected chi connectivity index (χ2v) is 5.71. The molecule has 0 radical (unpaired) electrons. The van der Waals surface area contributed by atoms with Crippen LogP contribution in [-0.4, -0.2) is 22.8 Å². The number of benzene rings is 1. The predicted molar refractivity (Wildman–Crippen MR) is 83.2 cm³/mol. The van der Waals surface area contributed by atoms with E-state index in [1.54, 1.807) is 6.20 Å². The zero-order valence-corrected chi connectivity index (χ0v) is 12.5. The van der Waals surface area contributed by atoms with E-state index in [4.69, 9.17) is 0 Å². The molecule has 0 bridgehead atoms. The highest BCUT2D eigenvalue weighted by Gasteiger charge is 2.27. The Morgan fingerprint density at radius 2 is 2.05 bits per heavy atom. The molecule has 2 aromatic rings. The van der Waals surface area contributed by atoms with Crippen molar-refractivity contribution >= 4 is 5.91 Å². The molecule has 108 valence electrons. The highest BCUT2D eigenvalue weighted by molar-refractivity contribution is 5.94. The molecule has 3 rings (SSSR count). The van der Waals surface area contributed by atoms with Gasteiger partial charge in [0, 0.05) is 18.9 Å². The van der Waals surface area contributed by atoms with Gasteiger partial charge in [0.1, 0.15) is 0 Å². The minimum absolute atomic E-state index is 0.0456. The van der Waals surface area contributed by atoms with Crippen molar-refractivity contribution in [3.8, 4) is 0 Å². The molecule has 0 spiro atoms. The summed E-state index contributed by atoms with van der Waals surface area (Å²) >= 11 is 0. The lowest BCUT2D eigenvalue weighted by molar-refractivity contribution is 0.0714. The normalized spacial score (nSPS) is 17.1. The van der Waals surface area contributed by atoms with Gasteiger partial charge in [-0.05, 0) is 49.4 Å². The van der Waals surface area contributed by atoms with E-state index in [0.717, 1.165) is 25.0 Å². The van der Waals surface area contributed by atoms with Crippen molar-refractivity contribution in [2.75, 3.05) is 7.05 Å². The number of carbonyl (C=O) groups excluding carboxylic acids is 1. The van der Waals surface area contributed by atoms with Crippen LogP contribution in [0.25, 0.3) is 0 Å². The lowest BCUT2D eigenvalue weighted by atomic mass is 9.87. The maximum absolute atomic E-state index is 12.7. The minimum Gasteiger partial charge on any atom is -0.335 e. The molecule has 1 amide bonds. The number of pyridine rings is 1. The summed E-state index contributed by atoms with van der Waals surface area (Å²) in [5.41, 5.74) is 4.25. The average molecular weight is 280 g/mol. The SMILES string of the molecule is Cc1ccc(C(=O)N(C)[C@@H]2CCCc3ccccc32)cn1. The fourth-order valence-corrected chi connectivity index (χ4v) is 3.07. The van der Waals surface area contributed by atoms with E-state index in [2.05, 4.69) is 29.2 Å². The van der Waals surface area contributed by atoms with E-state index >= 15 is 0 Å². The van der Waals surface area contributed by atoms with Gasteiger partial charge in [0.25, 0.3) is 5.91 Å². The number of hydrogen-bond acceptors (Lipinski definition) is 2. The minimum atomic E-state index is 0.0456. The van der Waals surface area contributed by atoms with E-state index < -0.39 is 0 Å². The van der Waals surface area contributed by atoms with Crippen LogP contribution >= 0.6 is 0 Å². The summed E-state index contributed by atoms with van der Waals surface area (Å²) in [4.78, 5) is 18.7. The summed E-state index contributed by atoms with van der Waals surface area (Å²) in [6.07, 6.45) is 4.94. The lowest BCUT2D eigenvalue weighted by Crippen LogP contribution is -2.33. The summed E-state index contributed by atoms with van der Waals surface area (Å²) in [5, 5.41) is 0. The molecule has 0 N–H and O–H groups in total. The molecular formula is C18H20N2O. The molecule has 1 heterocycles. The van der Waals surface area contributed by atoms with Gasteiger partial charge in [0.15, 0.2) is 0 Å². The first-order valence-corrected chi connectivity index (χ1v) is 7.44. The van der Waals surface area contributed by atoms with Crippen LogP contribution in [0.3, 0.4) is 0 Å². The number of carbonyl (C=O) groups is 1. The fourth-order valence-electron chi connectivity index (χ4n) is 3.07. The van der Waals surface area contributed by atoms with Gasteiger partial charge in [-0.25, -0.2) is 0 Å². The topological polar surface area (TPSA) is 33.2 Å². The second kappa shape index (κ2) is 5.68. The van der Waals surface area contributed by atoms with Crippen molar-refractivity contribution < 1.29 is 4.79 Å². The standard InChI is InChI=1S/C18H20N2O/c1-13-10-11-15(12-19-13)18(21)20(2)17-9-5-7-14-6-3-4-8-16(14)17/h3-4,6,8,10-12,17H,5,7,9H2,1-2H3/t17-/m1/s1. The van der Waals surface area contributed by atoms with Crippen LogP contribution in [0.1, 0.15) is 46.1 Å². The van der Waals surface area contributed by atoms with Crippen LogP contribution in [0.5, 0.6) is 0 Å². The number of fused-ring (bicyclic) bond motifs is 1. The first-order chi connectivity index (χ1) is 10.2. The molecule has 0 saturated carbocycles. The monoisotopic (exact) mass is 280 g/mol. The average Bonchev–Trinajstić information content (AvgIpc) is 2.53. The smallest absolute Gasteiger partial charge is 0.255 e. The van der Waals surface area contributed by atoms with E-state index in [-0.39, 0.29) is 11.9 Å². The van der Waals surface area contributed by atoms with Gasteiger partial charge < -0.3 is 4.90 Å². The van der Waals surface area contributed by atoms with Crippen LogP contribution in [0.15, 0.2) is 42.6 Å². The zero-order valence-electron chi connectivity index (χ0n) is 12.5. The molecule has 21 heavy (non-hydrogen) atoms. The molecule has 1 aromatic heterocycles. The van der Waals surface area contributed by atoms with Gasteiger partial charge in [-0.15, -0.1) is 0 Å². The predicted octanol–water partition coefficient (Wildman–Crippen LogP) is 3.54. The molecule has 1 aliphatic carbocycles. The molecule has 0 unspecified atom stereocenters. The Hall–Kier alpha value is -2.16. The molecule has 1 aromatic carbocycles. The number of aromatic nitrogens is 1. The summed E-state index contributed by atoms with van der Waals surface area (Å²) in [6, 6.07) is 12.4. The van der Waals surface area contributed by atoms with E-state index in [1.165, 1.54) is 11.1 Å². The van der Waals surface area contributed by atoms with Gasteiger partial charge in [0.05, 0.1) is 11.6 Å². The zero-order chi connectivity index (χ0) is 14.8. The molecule has 0 fully saturated rings. The second-order valence-electron chi connectivity index (χ2n) is 5.71. The summed E-state index contributed by atoms with van der Waals surface area (Å²) in [7, 11) is 1.90. The van der Waals surface area contributed by atoms with Crippen LogP contribution in [0.4, 0.5) is 0 Å². The maximum Gasteiger partial charge on any atom is 0.255 e. The Bertz CT molecular complexity index is 649. The quantitative estimate of drug-likeness (QED) is 0.843. The number of amides is 1. The van der Waals surface area contributed by atoms with Crippen molar-refractivity contribution in [1.29, 1.82) is 0 Å². The molecule has 0 saturated heterocycles. The molecule has 3 nitrogen and oxygen atoms in total. The van der Waals surface area contributed by atoms with Crippen molar-refractivity contribution in [1.82, 2.24) is 9.88 Å². The van der Waals surface area contributed by atoms with Gasteiger partial charge in [-0.3, -0.25) is 9.78 Å². The Labute approximate surface area is 125 Å². The van der Waals surface area contributed by atoms with Crippen LogP contribution in [0, 0.1) is 6.92 Å². The van der Waals surface area contributed by atoms with Crippen LogP contribution in [0.2, 0.25) is 0 Å². The van der Waals surface area contributed by atoms with Crippen LogP contribution < -0.4 is 0 Å². The molecule has 1 aliphatic rings. The Kier molecular flexibility index (Phi) is 3.74. The van der Waals surface area contributed by atoms with E-state index in [9.17, 15) is 4.79 Å². The van der Waals surface area contributed by atoms with Crippen molar-refractivity contribution in [3.05, 3.63) is 65.0 Å². The number of nitrogens with zero attached hydrogens (tertiary/aromatic N) is 2. The Morgan fingerprint density at radius 3 is 2.81 bits per heavy atom. The summed E-state index contributed by atoms with van der Waals surface area (Å²) in [6.45, 7) is 1.93. The fraction of sp³-hybridized carbons (Fsp3) is 0.333.